The SMILES string of the molecule is C[C@H]1CCC2C(OC(=O)C23CC(c2ccc(Br)cc2F)=NO3)[C@]2(C)C(=O)C=C[C@@]12O. The topological polar surface area (TPSA) is 85.2 Å². The Morgan fingerprint density at radius 1 is 1.30 bits per heavy atom. The molecule has 1 aromatic carbocycles. The lowest BCUT2D eigenvalue weighted by Crippen LogP contribution is -2.57. The van der Waals surface area contributed by atoms with Gasteiger partial charge in [-0.15, -0.1) is 0 Å². The van der Waals surface area contributed by atoms with Crippen molar-refractivity contribution in [3.05, 3.63) is 46.2 Å². The Balaban J connectivity index is 1.54. The van der Waals surface area contributed by atoms with E-state index in [1.807, 2.05) is 6.92 Å². The van der Waals surface area contributed by atoms with Gasteiger partial charge in [0, 0.05) is 16.5 Å². The van der Waals surface area contributed by atoms with Crippen LogP contribution in [0, 0.1) is 23.1 Å². The van der Waals surface area contributed by atoms with Crippen LogP contribution in [0.1, 0.15) is 38.7 Å². The van der Waals surface area contributed by atoms with Gasteiger partial charge in [-0.05, 0) is 56.0 Å². The molecular formula is C22H21BrFNO5. The van der Waals surface area contributed by atoms with Crippen molar-refractivity contribution < 1.29 is 28.7 Å². The van der Waals surface area contributed by atoms with Crippen LogP contribution in [0.2, 0.25) is 0 Å². The zero-order chi connectivity index (χ0) is 21.5. The summed E-state index contributed by atoms with van der Waals surface area (Å²) in [6.07, 6.45) is 3.21. The van der Waals surface area contributed by atoms with Crippen molar-refractivity contribution in [2.24, 2.45) is 22.4 Å². The Morgan fingerprint density at radius 3 is 2.80 bits per heavy atom. The number of nitrogens with zero attached hydrogens (tertiary/aromatic N) is 1. The fraction of sp³-hybridized carbons (Fsp3) is 0.500. The molecular weight excluding hydrogens is 457 g/mol. The average Bonchev–Trinajstić information content (AvgIpc) is 3.31. The number of esters is 1. The monoisotopic (exact) mass is 477 g/mol. The number of hydrogen-bond donors (Lipinski definition) is 1. The van der Waals surface area contributed by atoms with E-state index in [4.69, 9.17) is 9.57 Å². The number of hydrogen-bond acceptors (Lipinski definition) is 6. The van der Waals surface area contributed by atoms with Crippen molar-refractivity contribution in [2.45, 2.75) is 50.4 Å². The summed E-state index contributed by atoms with van der Waals surface area (Å²) in [5.41, 5.74) is -3.55. The van der Waals surface area contributed by atoms with Crippen LogP contribution in [0.25, 0.3) is 0 Å². The molecule has 0 bridgehead atoms. The lowest BCUT2D eigenvalue weighted by Gasteiger charge is -2.43. The number of carbonyl (C=O) groups excluding carboxylic acids is 2. The van der Waals surface area contributed by atoms with Crippen molar-refractivity contribution in [1.29, 1.82) is 0 Å². The molecule has 2 aliphatic carbocycles. The zero-order valence-corrected chi connectivity index (χ0v) is 18.1. The molecule has 0 amide bonds. The van der Waals surface area contributed by atoms with Gasteiger partial charge in [0.2, 0.25) is 5.60 Å². The van der Waals surface area contributed by atoms with Crippen molar-refractivity contribution in [3.63, 3.8) is 0 Å². The number of ether oxygens (including phenoxy) is 1. The third-order valence-electron chi connectivity index (χ3n) is 7.60. The lowest BCUT2D eigenvalue weighted by molar-refractivity contribution is -0.169. The Kier molecular flexibility index (Phi) is 4.13. The Bertz CT molecular complexity index is 1040. The molecule has 6 atom stereocenters. The number of carbonyl (C=O) groups is 2. The summed E-state index contributed by atoms with van der Waals surface area (Å²) < 4.78 is 20.8. The smallest absolute Gasteiger partial charge is 0.354 e. The summed E-state index contributed by atoms with van der Waals surface area (Å²) in [5.74, 6) is -2.06. The quantitative estimate of drug-likeness (QED) is 0.627. The van der Waals surface area contributed by atoms with E-state index >= 15 is 0 Å². The second kappa shape index (κ2) is 6.23. The minimum atomic E-state index is -1.42. The molecule has 1 aromatic rings. The first kappa shape index (κ1) is 19.9. The molecule has 30 heavy (non-hydrogen) atoms. The molecule has 1 saturated carbocycles. The van der Waals surface area contributed by atoms with E-state index in [2.05, 4.69) is 21.1 Å². The third kappa shape index (κ3) is 2.29. The highest BCUT2D eigenvalue weighted by Crippen LogP contribution is 2.59. The van der Waals surface area contributed by atoms with Gasteiger partial charge in [0.15, 0.2) is 5.78 Å². The van der Waals surface area contributed by atoms with Gasteiger partial charge in [0.1, 0.15) is 22.9 Å². The minimum Gasteiger partial charge on any atom is -0.458 e. The van der Waals surface area contributed by atoms with Crippen LogP contribution in [-0.2, 0) is 19.2 Å². The Hall–Kier alpha value is -2.06. The molecule has 2 aliphatic heterocycles. The fourth-order valence-corrected chi connectivity index (χ4v) is 6.00. The highest BCUT2D eigenvalue weighted by molar-refractivity contribution is 9.10. The largest absolute Gasteiger partial charge is 0.458 e. The normalized spacial score (nSPS) is 41.9. The highest BCUT2D eigenvalue weighted by atomic mass is 79.9. The zero-order valence-electron chi connectivity index (χ0n) is 16.5. The molecule has 6 nitrogen and oxygen atoms in total. The summed E-state index contributed by atoms with van der Waals surface area (Å²) in [7, 11) is 0. The molecule has 4 aliphatic rings. The first-order valence-electron chi connectivity index (χ1n) is 10.0. The molecule has 1 saturated heterocycles. The van der Waals surface area contributed by atoms with E-state index in [0.29, 0.717) is 23.0 Å². The maximum Gasteiger partial charge on any atom is 0.354 e. The van der Waals surface area contributed by atoms with Crippen LogP contribution in [0.4, 0.5) is 4.39 Å². The predicted molar refractivity (Wildman–Crippen MR) is 108 cm³/mol. The average molecular weight is 478 g/mol. The number of ketones is 1. The number of fused-ring (bicyclic) bond motifs is 4. The third-order valence-corrected chi connectivity index (χ3v) is 8.09. The van der Waals surface area contributed by atoms with Gasteiger partial charge in [0.25, 0.3) is 0 Å². The van der Waals surface area contributed by atoms with E-state index in [9.17, 15) is 19.1 Å². The number of oxime groups is 1. The minimum absolute atomic E-state index is 0.0516. The number of benzene rings is 1. The van der Waals surface area contributed by atoms with Gasteiger partial charge >= 0.3 is 5.97 Å². The molecule has 2 heterocycles. The summed E-state index contributed by atoms with van der Waals surface area (Å²) in [4.78, 5) is 31.7. The van der Waals surface area contributed by atoms with Gasteiger partial charge in [-0.2, -0.15) is 0 Å². The molecule has 8 heteroatoms. The van der Waals surface area contributed by atoms with E-state index < -0.39 is 40.4 Å². The highest BCUT2D eigenvalue weighted by Gasteiger charge is 2.73. The number of rotatable bonds is 1. The van der Waals surface area contributed by atoms with Crippen LogP contribution in [-0.4, -0.2) is 39.9 Å². The van der Waals surface area contributed by atoms with E-state index in [1.54, 1.807) is 19.1 Å². The van der Waals surface area contributed by atoms with Gasteiger partial charge in [-0.25, -0.2) is 9.18 Å². The summed E-state index contributed by atoms with van der Waals surface area (Å²) >= 11 is 3.23. The Labute approximate surface area is 181 Å². The number of aliphatic hydroxyl groups is 1. The summed E-state index contributed by atoms with van der Waals surface area (Å²) in [6.45, 7) is 3.55. The fourth-order valence-electron chi connectivity index (χ4n) is 5.66. The first-order chi connectivity index (χ1) is 14.1. The maximum absolute atomic E-state index is 14.5. The van der Waals surface area contributed by atoms with Crippen LogP contribution in [0.15, 0.2) is 40.0 Å². The molecule has 1 spiro atoms. The molecule has 158 valence electrons. The lowest BCUT2D eigenvalue weighted by atomic mass is 9.63. The molecule has 0 radical (unpaired) electrons. The van der Waals surface area contributed by atoms with Crippen LogP contribution in [0.3, 0.4) is 0 Å². The van der Waals surface area contributed by atoms with E-state index in [0.717, 1.165) is 0 Å². The molecule has 0 aromatic heterocycles. The molecule has 2 fully saturated rings. The standard InChI is InChI=1S/C22H21BrFNO5/c1-11-3-6-14-18(20(2)17(26)7-8-22(11,20)28)29-19(27)21(14)10-16(25-30-21)13-5-4-12(23)9-15(13)24/h4-5,7-9,11,14,18,28H,3,6,10H2,1-2H3/t11-,14?,18?,20-,21?,22+/m0/s1. The van der Waals surface area contributed by atoms with E-state index in [-0.39, 0.29) is 23.7 Å². The molecule has 3 unspecified atom stereocenters. The maximum atomic E-state index is 14.5. The second-order valence-corrected chi connectivity index (χ2v) is 9.87. The van der Waals surface area contributed by atoms with Crippen LogP contribution in [0.5, 0.6) is 0 Å². The van der Waals surface area contributed by atoms with Crippen molar-refractivity contribution in [3.8, 4) is 0 Å². The molecule has 1 N–H and O–H groups in total. The van der Waals surface area contributed by atoms with Gasteiger partial charge < -0.3 is 14.7 Å². The number of halogens is 2. The van der Waals surface area contributed by atoms with Crippen LogP contribution >= 0.6 is 15.9 Å². The predicted octanol–water partition coefficient (Wildman–Crippen LogP) is 3.30. The first-order valence-corrected chi connectivity index (χ1v) is 10.8. The molecule has 5 rings (SSSR count). The van der Waals surface area contributed by atoms with Crippen molar-refractivity contribution >= 4 is 33.4 Å². The van der Waals surface area contributed by atoms with Crippen molar-refractivity contribution in [1.82, 2.24) is 0 Å². The Morgan fingerprint density at radius 2 is 2.07 bits per heavy atom. The van der Waals surface area contributed by atoms with E-state index in [1.165, 1.54) is 18.2 Å². The van der Waals surface area contributed by atoms with Gasteiger partial charge in [-0.3, -0.25) is 4.79 Å². The van der Waals surface area contributed by atoms with Gasteiger partial charge in [0.05, 0.1) is 11.6 Å². The number of allylic oxidation sites excluding steroid dienone is 1. The second-order valence-electron chi connectivity index (χ2n) is 8.96. The van der Waals surface area contributed by atoms with Crippen LogP contribution < -0.4 is 0 Å². The summed E-state index contributed by atoms with van der Waals surface area (Å²) in [6, 6.07) is 4.60. The van der Waals surface area contributed by atoms with Crippen molar-refractivity contribution in [2.75, 3.05) is 0 Å². The van der Waals surface area contributed by atoms with Gasteiger partial charge in [-0.1, -0.05) is 28.0 Å². The summed E-state index contributed by atoms with van der Waals surface area (Å²) in [5, 5.41) is 15.5.